The topological polar surface area (TPSA) is 41.1 Å². The van der Waals surface area contributed by atoms with E-state index in [4.69, 9.17) is 16.6 Å². The Balaban J connectivity index is 2.34. The summed E-state index contributed by atoms with van der Waals surface area (Å²) >= 11 is 7.60. The molecule has 0 fully saturated rings. The van der Waals surface area contributed by atoms with Crippen LogP contribution in [0.3, 0.4) is 0 Å². The van der Waals surface area contributed by atoms with E-state index >= 15 is 0 Å². The molecule has 2 aromatic heterocycles. The van der Waals surface area contributed by atoms with Gasteiger partial charge >= 0.3 is 0 Å². The summed E-state index contributed by atoms with van der Waals surface area (Å²) < 4.78 is 0.816. The van der Waals surface area contributed by atoms with Crippen LogP contribution in [0.4, 0.5) is 11.6 Å². The smallest absolute Gasteiger partial charge is 0.137 e. The normalized spacial score (nSPS) is 11.0. The van der Waals surface area contributed by atoms with Gasteiger partial charge in [-0.2, -0.15) is 0 Å². The van der Waals surface area contributed by atoms with Crippen molar-refractivity contribution in [3.05, 3.63) is 32.7 Å². The van der Waals surface area contributed by atoms with Crippen LogP contribution >= 0.6 is 22.9 Å². The van der Waals surface area contributed by atoms with E-state index in [9.17, 15) is 0 Å². The number of aromatic nitrogens is 2. The van der Waals surface area contributed by atoms with Crippen LogP contribution in [0, 0.1) is 6.92 Å². The molecule has 21 heavy (non-hydrogen) atoms. The van der Waals surface area contributed by atoms with E-state index in [2.05, 4.69) is 35.1 Å². The average molecular weight is 325 g/mol. The molecule has 0 aliphatic carbocycles. The molecule has 0 unspecified atom stereocenters. The van der Waals surface area contributed by atoms with E-state index in [1.54, 1.807) is 11.3 Å². The highest BCUT2D eigenvalue weighted by atomic mass is 35.5. The second kappa shape index (κ2) is 6.62. The molecule has 0 spiro atoms. The van der Waals surface area contributed by atoms with Gasteiger partial charge in [0.15, 0.2) is 0 Å². The summed E-state index contributed by atoms with van der Waals surface area (Å²) in [5, 5.41) is 3.16. The van der Waals surface area contributed by atoms with Crippen molar-refractivity contribution in [2.24, 2.45) is 0 Å². The van der Waals surface area contributed by atoms with Gasteiger partial charge in [0, 0.05) is 30.5 Å². The molecule has 0 saturated carbocycles. The maximum atomic E-state index is 6.00. The van der Waals surface area contributed by atoms with Crippen molar-refractivity contribution in [1.29, 1.82) is 0 Å². The van der Waals surface area contributed by atoms with Crippen molar-refractivity contribution in [1.82, 2.24) is 9.97 Å². The molecular weight excluding hydrogens is 304 g/mol. The highest BCUT2D eigenvalue weighted by Gasteiger charge is 2.16. The van der Waals surface area contributed by atoms with Crippen molar-refractivity contribution in [2.45, 2.75) is 33.2 Å². The summed E-state index contributed by atoms with van der Waals surface area (Å²) in [7, 11) is 3.94. The summed E-state index contributed by atoms with van der Waals surface area (Å²) in [6.07, 6.45) is 0. The predicted molar refractivity (Wildman–Crippen MR) is 91.8 cm³/mol. The Kier molecular flexibility index (Phi) is 5.06. The van der Waals surface area contributed by atoms with Crippen LogP contribution in [0.5, 0.6) is 0 Å². The van der Waals surface area contributed by atoms with E-state index in [-0.39, 0.29) is 0 Å². The minimum atomic E-state index is 0.293. The maximum absolute atomic E-state index is 6.00. The van der Waals surface area contributed by atoms with Gasteiger partial charge in [-0.05, 0) is 19.1 Å². The van der Waals surface area contributed by atoms with E-state index in [1.807, 2.05) is 27.1 Å². The molecule has 2 aromatic rings. The number of thiophene rings is 1. The number of hydrogen-bond acceptors (Lipinski definition) is 5. The monoisotopic (exact) mass is 324 g/mol. The summed E-state index contributed by atoms with van der Waals surface area (Å²) in [4.78, 5) is 12.7. The number of nitrogens with one attached hydrogen (secondary N) is 1. The first-order valence-electron chi connectivity index (χ1n) is 6.94. The highest BCUT2D eigenvalue weighted by Crippen LogP contribution is 2.28. The molecule has 0 amide bonds. The lowest BCUT2D eigenvalue weighted by Crippen LogP contribution is -2.20. The quantitative estimate of drug-likeness (QED) is 0.890. The Hall–Kier alpha value is -1.33. The lowest BCUT2D eigenvalue weighted by molar-refractivity contribution is 0.761. The number of rotatable bonds is 5. The van der Waals surface area contributed by atoms with Crippen LogP contribution < -0.4 is 10.2 Å². The zero-order chi connectivity index (χ0) is 15.6. The Labute approximate surface area is 135 Å². The third-order valence-electron chi connectivity index (χ3n) is 3.27. The van der Waals surface area contributed by atoms with Crippen molar-refractivity contribution >= 4 is 34.6 Å². The molecule has 0 bridgehead atoms. The second-order valence-electron chi connectivity index (χ2n) is 5.35. The zero-order valence-corrected chi connectivity index (χ0v) is 14.6. The fourth-order valence-electron chi connectivity index (χ4n) is 2.14. The minimum absolute atomic E-state index is 0.293. The maximum Gasteiger partial charge on any atom is 0.137 e. The largest absolute Gasteiger partial charge is 0.373 e. The molecule has 6 heteroatoms. The van der Waals surface area contributed by atoms with Crippen LogP contribution in [-0.2, 0) is 6.54 Å². The molecule has 0 aliphatic rings. The molecule has 0 aromatic carbocycles. The van der Waals surface area contributed by atoms with E-state index in [1.165, 1.54) is 4.88 Å². The SMILES string of the molecule is CNc1nc(C(C)C)nc(N(C)Cc2ccc(Cl)s2)c1C. The van der Waals surface area contributed by atoms with Crippen molar-refractivity contribution in [2.75, 3.05) is 24.3 Å². The summed E-state index contributed by atoms with van der Waals surface area (Å²) in [6, 6.07) is 3.99. The van der Waals surface area contributed by atoms with Crippen LogP contribution in [0.25, 0.3) is 0 Å². The van der Waals surface area contributed by atoms with Gasteiger partial charge in [-0.3, -0.25) is 0 Å². The molecule has 2 rings (SSSR count). The molecule has 0 aliphatic heterocycles. The number of hydrogen-bond donors (Lipinski definition) is 1. The highest BCUT2D eigenvalue weighted by molar-refractivity contribution is 7.16. The van der Waals surface area contributed by atoms with Crippen LogP contribution in [0.2, 0.25) is 4.34 Å². The summed E-state index contributed by atoms with van der Waals surface area (Å²) in [5.41, 5.74) is 1.06. The molecule has 1 N–H and O–H groups in total. The Morgan fingerprint density at radius 3 is 2.57 bits per heavy atom. The minimum Gasteiger partial charge on any atom is -0.373 e. The zero-order valence-electron chi connectivity index (χ0n) is 13.1. The first-order valence-corrected chi connectivity index (χ1v) is 8.13. The number of halogens is 1. The van der Waals surface area contributed by atoms with E-state index in [0.29, 0.717) is 5.92 Å². The van der Waals surface area contributed by atoms with E-state index < -0.39 is 0 Å². The first-order chi connectivity index (χ1) is 9.92. The lowest BCUT2D eigenvalue weighted by atomic mass is 10.2. The van der Waals surface area contributed by atoms with Gasteiger partial charge in [-0.25, -0.2) is 9.97 Å². The number of nitrogens with zero attached hydrogens (tertiary/aromatic N) is 3. The second-order valence-corrected chi connectivity index (χ2v) is 7.15. The molecule has 2 heterocycles. The molecule has 0 radical (unpaired) electrons. The van der Waals surface area contributed by atoms with Gasteiger partial charge in [0.1, 0.15) is 17.5 Å². The molecule has 0 atom stereocenters. The summed E-state index contributed by atoms with van der Waals surface area (Å²) in [6.45, 7) is 7.04. The number of anilines is 2. The third-order valence-corrected chi connectivity index (χ3v) is 4.49. The van der Waals surface area contributed by atoms with Gasteiger partial charge < -0.3 is 10.2 Å². The Morgan fingerprint density at radius 2 is 2.05 bits per heavy atom. The van der Waals surface area contributed by atoms with Crippen molar-refractivity contribution in [3.63, 3.8) is 0 Å². The predicted octanol–water partition coefficient (Wildman–Crippen LogP) is 4.30. The van der Waals surface area contributed by atoms with Crippen LogP contribution in [0.15, 0.2) is 12.1 Å². The van der Waals surface area contributed by atoms with Crippen LogP contribution in [-0.4, -0.2) is 24.1 Å². The van der Waals surface area contributed by atoms with Crippen molar-refractivity contribution in [3.8, 4) is 0 Å². The molecule has 4 nitrogen and oxygen atoms in total. The molecule has 0 saturated heterocycles. The Morgan fingerprint density at radius 1 is 1.33 bits per heavy atom. The first kappa shape index (κ1) is 16.0. The molecule has 114 valence electrons. The average Bonchev–Trinajstić information content (AvgIpc) is 2.83. The van der Waals surface area contributed by atoms with Gasteiger partial charge in [0.05, 0.1) is 10.9 Å². The van der Waals surface area contributed by atoms with Gasteiger partial charge in [0.2, 0.25) is 0 Å². The molecular formula is C15H21ClN4S. The standard InChI is InChI=1S/C15H21ClN4S/c1-9(2)13-18-14(17-4)10(3)15(19-13)20(5)8-11-6-7-12(16)21-11/h6-7,9H,8H2,1-5H3,(H,17,18,19). The van der Waals surface area contributed by atoms with E-state index in [0.717, 1.165) is 33.9 Å². The fraction of sp³-hybridized carbons (Fsp3) is 0.467. The lowest BCUT2D eigenvalue weighted by Gasteiger charge is -2.22. The summed E-state index contributed by atoms with van der Waals surface area (Å²) in [5.74, 6) is 3.00. The third kappa shape index (κ3) is 3.66. The fourth-order valence-corrected chi connectivity index (χ4v) is 3.28. The van der Waals surface area contributed by atoms with Gasteiger partial charge in [-0.1, -0.05) is 25.4 Å². The van der Waals surface area contributed by atoms with Crippen LogP contribution in [0.1, 0.15) is 36.0 Å². The van der Waals surface area contributed by atoms with Gasteiger partial charge in [-0.15, -0.1) is 11.3 Å². The van der Waals surface area contributed by atoms with Crippen molar-refractivity contribution < 1.29 is 0 Å². The van der Waals surface area contributed by atoms with Gasteiger partial charge in [0.25, 0.3) is 0 Å². The Bertz CT molecular complexity index is 624.